The van der Waals surface area contributed by atoms with Crippen molar-refractivity contribution in [2.75, 3.05) is 5.73 Å². The van der Waals surface area contributed by atoms with E-state index in [9.17, 15) is 9.90 Å². The summed E-state index contributed by atoms with van der Waals surface area (Å²) in [5.74, 6) is -1.02. The zero-order chi connectivity index (χ0) is 15.0. The lowest BCUT2D eigenvalue weighted by Crippen LogP contribution is -2.01. The van der Waals surface area contributed by atoms with Crippen LogP contribution in [0.25, 0.3) is 0 Å². The molecule has 1 aliphatic rings. The topological polar surface area (TPSA) is 63.3 Å². The van der Waals surface area contributed by atoms with E-state index in [0.717, 1.165) is 17.7 Å². The maximum absolute atomic E-state index is 11.4. The van der Waals surface area contributed by atoms with E-state index in [1.165, 1.54) is 35.4 Å². The molecule has 0 unspecified atom stereocenters. The van der Waals surface area contributed by atoms with E-state index in [1.807, 2.05) is 6.07 Å². The number of aromatic carboxylic acids is 1. The van der Waals surface area contributed by atoms with Crippen LogP contribution in [0.15, 0.2) is 40.1 Å². The number of benzene rings is 2. The zero-order valence-electron chi connectivity index (χ0n) is 11.2. The Labute approximate surface area is 132 Å². The number of carboxylic acid groups (broad SMARTS) is 1. The average Bonchev–Trinajstić information content (AvgIpc) is 2.88. The summed E-state index contributed by atoms with van der Waals surface area (Å²) in [4.78, 5) is 12.9. The maximum Gasteiger partial charge on any atom is 0.336 e. The van der Waals surface area contributed by atoms with E-state index >= 15 is 0 Å². The molecule has 0 spiro atoms. The molecule has 0 fully saturated rings. The molecular weight excluding hydrogens is 306 g/mol. The fourth-order valence-corrected chi connectivity index (χ4v) is 3.94. The summed E-state index contributed by atoms with van der Waals surface area (Å²) in [6, 6.07) is 9.31. The molecule has 3 N–H and O–H groups in total. The minimum absolute atomic E-state index is 0.144. The Morgan fingerprint density at radius 3 is 2.71 bits per heavy atom. The van der Waals surface area contributed by atoms with Crippen molar-refractivity contribution in [3.63, 3.8) is 0 Å². The lowest BCUT2D eigenvalue weighted by molar-refractivity contribution is 0.0693. The maximum atomic E-state index is 11.4. The van der Waals surface area contributed by atoms with Crippen LogP contribution < -0.4 is 5.73 Å². The van der Waals surface area contributed by atoms with Gasteiger partial charge in [-0.25, -0.2) is 4.79 Å². The van der Waals surface area contributed by atoms with Crippen molar-refractivity contribution in [1.82, 2.24) is 0 Å². The van der Waals surface area contributed by atoms with Crippen LogP contribution in [0.4, 0.5) is 5.69 Å². The highest BCUT2D eigenvalue weighted by molar-refractivity contribution is 7.99. The Bertz CT molecular complexity index is 730. The first-order valence-corrected chi connectivity index (χ1v) is 7.86. The second-order valence-corrected chi connectivity index (χ2v) is 6.56. The van der Waals surface area contributed by atoms with Gasteiger partial charge in [-0.2, -0.15) is 0 Å². The van der Waals surface area contributed by atoms with Crippen LogP contribution in [0, 0.1) is 0 Å². The number of anilines is 1. The number of nitrogens with two attached hydrogens (primary N) is 1. The van der Waals surface area contributed by atoms with Gasteiger partial charge in [0, 0.05) is 15.5 Å². The highest BCUT2D eigenvalue weighted by Crippen LogP contribution is 2.39. The number of halogens is 1. The first-order valence-electron chi connectivity index (χ1n) is 6.66. The van der Waals surface area contributed by atoms with Crippen molar-refractivity contribution in [2.24, 2.45) is 0 Å². The molecule has 21 heavy (non-hydrogen) atoms. The van der Waals surface area contributed by atoms with E-state index < -0.39 is 5.97 Å². The molecule has 0 atom stereocenters. The number of fused-ring (bicyclic) bond motifs is 1. The number of nitrogen functional groups attached to an aromatic ring is 1. The number of carboxylic acids is 1. The number of hydrogen-bond acceptors (Lipinski definition) is 3. The van der Waals surface area contributed by atoms with Gasteiger partial charge in [0.2, 0.25) is 0 Å². The monoisotopic (exact) mass is 319 g/mol. The molecule has 0 aromatic heterocycles. The first kappa shape index (κ1) is 14.3. The van der Waals surface area contributed by atoms with Crippen LogP contribution >= 0.6 is 23.4 Å². The summed E-state index contributed by atoms with van der Waals surface area (Å²) in [5.41, 5.74) is 8.92. The third-order valence-corrected chi connectivity index (χ3v) is 5.13. The van der Waals surface area contributed by atoms with Crippen LogP contribution in [0.2, 0.25) is 5.02 Å². The molecular formula is C16H14ClNO2S. The molecule has 1 aliphatic carbocycles. The van der Waals surface area contributed by atoms with Gasteiger partial charge in [-0.15, -0.1) is 0 Å². The Hall–Kier alpha value is -1.65. The average molecular weight is 320 g/mol. The molecule has 5 heteroatoms. The predicted molar refractivity (Wildman–Crippen MR) is 85.4 cm³/mol. The standard InChI is InChI=1S/C16H14ClNO2S/c17-14-8-11(18)7-13(16(19)20)15(14)21-12-5-4-9-2-1-3-10(9)6-12/h4-8H,1-3,18H2,(H,19,20). The van der Waals surface area contributed by atoms with Crippen molar-refractivity contribution in [2.45, 2.75) is 29.1 Å². The predicted octanol–water partition coefficient (Wildman–Crippen LogP) is 4.26. The number of aryl methyl sites for hydroxylation is 2. The Kier molecular flexibility index (Phi) is 3.83. The van der Waals surface area contributed by atoms with Crippen molar-refractivity contribution < 1.29 is 9.90 Å². The normalized spacial score (nSPS) is 13.2. The summed E-state index contributed by atoms with van der Waals surface area (Å²) in [6.45, 7) is 0. The molecule has 2 aromatic carbocycles. The van der Waals surface area contributed by atoms with Gasteiger partial charge >= 0.3 is 5.97 Å². The second kappa shape index (κ2) is 5.62. The summed E-state index contributed by atoms with van der Waals surface area (Å²) in [5, 5.41) is 9.69. The molecule has 108 valence electrons. The minimum atomic E-state index is -1.02. The molecule has 0 heterocycles. The molecule has 0 saturated heterocycles. The first-order chi connectivity index (χ1) is 10.0. The zero-order valence-corrected chi connectivity index (χ0v) is 12.8. The third-order valence-electron chi connectivity index (χ3n) is 3.59. The highest BCUT2D eigenvalue weighted by atomic mass is 35.5. The van der Waals surface area contributed by atoms with Gasteiger partial charge in [-0.3, -0.25) is 0 Å². The van der Waals surface area contributed by atoms with Gasteiger partial charge in [0.15, 0.2) is 0 Å². The molecule has 0 bridgehead atoms. The fraction of sp³-hybridized carbons (Fsp3) is 0.188. The molecule has 0 amide bonds. The molecule has 0 radical (unpaired) electrons. The van der Waals surface area contributed by atoms with Gasteiger partial charge < -0.3 is 10.8 Å². The lowest BCUT2D eigenvalue weighted by Gasteiger charge is -2.10. The molecule has 2 aromatic rings. The van der Waals surface area contributed by atoms with E-state index in [-0.39, 0.29) is 5.56 Å². The van der Waals surface area contributed by atoms with Crippen molar-refractivity contribution in [3.8, 4) is 0 Å². The summed E-state index contributed by atoms with van der Waals surface area (Å²) in [7, 11) is 0. The van der Waals surface area contributed by atoms with Gasteiger partial charge in [0.1, 0.15) is 0 Å². The van der Waals surface area contributed by atoms with Crippen LogP contribution in [-0.4, -0.2) is 11.1 Å². The number of carbonyl (C=O) groups is 1. The van der Waals surface area contributed by atoms with Crippen LogP contribution in [-0.2, 0) is 12.8 Å². The van der Waals surface area contributed by atoms with Crippen LogP contribution in [0.3, 0.4) is 0 Å². The van der Waals surface area contributed by atoms with E-state index in [2.05, 4.69) is 12.1 Å². The summed E-state index contributed by atoms with van der Waals surface area (Å²) >= 11 is 7.56. The largest absolute Gasteiger partial charge is 0.478 e. The van der Waals surface area contributed by atoms with Crippen LogP contribution in [0.5, 0.6) is 0 Å². The van der Waals surface area contributed by atoms with E-state index in [1.54, 1.807) is 6.07 Å². The third kappa shape index (κ3) is 2.87. The Morgan fingerprint density at radius 1 is 1.19 bits per heavy atom. The van der Waals surface area contributed by atoms with Gasteiger partial charge in [-0.1, -0.05) is 29.4 Å². The molecule has 0 saturated carbocycles. The van der Waals surface area contributed by atoms with Crippen LogP contribution in [0.1, 0.15) is 27.9 Å². The smallest absolute Gasteiger partial charge is 0.336 e. The minimum Gasteiger partial charge on any atom is -0.478 e. The number of hydrogen-bond donors (Lipinski definition) is 2. The SMILES string of the molecule is Nc1cc(Cl)c(Sc2ccc3c(c2)CCC3)c(C(=O)O)c1. The van der Waals surface area contributed by atoms with Crippen molar-refractivity contribution >= 4 is 35.0 Å². The fourth-order valence-electron chi connectivity index (χ4n) is 2.61. The van der Waals surface area contributed by atoms with Crippen molar-refractivity contribution in [1.29, 1.82) is 0 Å². The summed E-state index contributed by atoms with van der Waals surface area (Å²) < 4.78 is 0. The summed E-state index contributed by atoms with van der Waals surface area (Å²) in [6.07, 6.45) is 3.40. The number of rotatable bonds is 3. The Morgan fingerprint density at radius 2 is 1.95 bits per heavy atom. The van der Waals surface area contributed by atoms with Crippen molar-refractivity contribution in [3.05, 3.63) is 52.0 Å². The van der Waals surface area contributed by atoms with Gasteiger partial charge in [0.05, 0.1) is 10.6 Å². The molecule has 3 rings (SSSR count). The van der Waals surface area contributed by atoms with Gasteiger partial charge in [0.25, 0.3) is 0 Å². The van der Waals surface area contributed by atoms with Gasteiger partial charge in [-0.05, 0) is 54.7 Å². The lowest BCUT2D eigenvalue weighted by atomic mass is 10.1. The van der Waals surface area contributed by atoms with E-state index in [4.69, 9.17) is 17.3 Å². The molecule has 3 nitrogen and oxygen atoms in total. The van der Waals surface area contributed by atoms with E-state index in [0.29, 0.717) is 15.6 Å². The highest BCUT2D eigenvalue weighted by Gasteiger charge is 2.17. The Balaban J connectivity index is 2.00. The quantitative estimate of drug-likeness (QED) is 0.830. The molecule has 0 aliphatic heterocycles. The second-order valence-electron chi connectivity index (χ2n) is 5.07.